The van der Waals surface area contributed by atoms with Crippen molar-refractivity contribution in [3.63, 3.8) is 0 Å². The Morgan fingerprint density at radius 2 is 2.00 bits per heavy atom. The molecule has 1 rings (SSSR count). The molecule has 1 fully saturated rings. The van der Waals surface area contributed by atoms with Crippen molar-refractivity contribution in [2.45, 2.75) is 25.6 Å². The third kappa shape index (κ3) is 5.06. The van der Waals surface area contributed by atoms with Crippen LogP contribution in [-0.2, 0) is 14.3 Å². The van der Waals surface area contributed by atoms with Crippen molar-refractivity contribution in [1.82, 2.24) is 10.2 Å². The van der Waals surface area contributed by atoms with E-state index in [0.29, 0.717) is 0 Å². The summed E-state index contributed by atoms with van der Waals surface area (Å²) < 4.78 is 41.0. The lowest BCUT2D eigenvalue weighted by molar-refractivity contribution is -0.149. The van der Waals surface area contributed by atoms with E-state index in [2.05, 4.69) is 10.1 Å². The van der Waals surface area contributed by atoms with Crippen LogP contribution in [0.15, 0.2) is 0 Å². The molecule has 1 heterocycles. The van der Waals surface area contributed by atoms with Crippen LogP contribution in [0.3, 0.4) is 0 Å². The van der Waals surface area contributed by atoms with Crippen molar-refractivity contribution in [2.75, 3.05) is 26.7 Å². The van der Waals surface area contributed by atoms with E-state index < -0.39 is 30.7 Å². The van der Waals surface area contributed by atoms with Gasteiger partial charge in [0.1, 0.15) is 0 Å². The number of hydrogen-bond donors (Lipinski definition) is 1. The monoisotopic (exact) mass is 282 g/mol. The maximum atomic E-state index is 12.2. The van der Waals surface area contributed by atoms with Gasteiger partial charge in [-0.25, -0.2) is 0 Å². The van der Waals surface area contributed by atoms with Crippen molar-refractivity contribution < 1.29 is 27.5 Å². The Balaban J connectivity index is 2.65. The summed E-state index contributed by atoms with van der Waals surface area (Å²) >= 11 is 0. The molecule has 2 unspecified atom stereocenters. The van der Waals surface area contributed by atoms with E-state index in [1.165, 1.54) is 18.9 Å². The molecule has 1 amide bonds. The molecule has 110 valence electrons. The molecule has 1 aliphatic heterocycles. The third-order valence-corrected chi connectivity index (χ3v) is 3.02. The largest absolute Gasteiger partial charge is 0.469 e. The van der Waals surface area contributed by atoms with Gasteiger partial charge in [-0.2, -0.15) is 13.2 Å². The van der Waals surface area contributed by atoms with Crippen LogP contribution in [0.5, 0.6) is 0 Å². The number of amides is 1. The summed E-state index contributed by atoms with van der Waals surface area (Å²) in [5.41, 5.74) is 0. The smallest absolute Gasteiger partial charge is 0.401 e. The second-order valence-corrected chi connectivity index (χ2v) is 4.57. The minimum Gasteiger partial charge on any atom is -0.469 e. The number of hydrogen-bond acceptors (Lipinski definition) is 4. The van der Waals surface area contributed by atoms with Gasteiger partial charge < -0.3 is 15.0 Å². The molecule has 8 heteroatoms. The van der Waals surface area contributed by atoms with E-state index in [1.54, 1.807) is 0 Å². The standard InChI is InChI=1S/C11H17F3N2O3/c1-7(17)16-4-8(10(18)19-2)3-9(5-16)15-6-11(12,13)14/h8-9,15H,3-6H2,1-2H3. The van der Waals surface area contributed by atoms with E-state index in [4.69, 9.17) is 0 Å². The van der Waals surface area contributed by atoms with Gasteiger partial charge in [0.15, 0.2) is 0 Å². The van der Waals surface area contributed by atoms with Crippen LogP contribution in [-0.4, -0.2) is 55.7 Å². The normalized spacial score (nSPS) is 24.2. The molecule has 1 saturated heterocycles. The molecule has 1 N–H and O–H groups in total. The molecule has 0 aromatic carbocycles. The second kappa shape index (κ2) is 6.23. The highest BCUT2D eigenvalue weighted by Gasteiger charge is 2.35. The SMILES string of the molecule is COC(=O)C1CC(NCC(F)(F)F)CN(C(C)=O)C1. The first-order chi connectivity index (χ1) is 8.73. The zero-order valence-corrected chi connectivity index (χ0v) is 10.8. The molecule has 0 bridgehead atoms. The lowest BCUT2D eigenvalue weighted by Crippen LogP contribution is -2.53. The summed E-state index contributed by atoms with van der Waals surface area (Å²) in [5.74, 6) is -1.37. The van der Waals surface area contributed by atoms with Crippen molar-refractivity contribution in [3.8, 4) is 0 Å². The number of esters is 1. The average Bonchev–Trinajstić information content (AvgIpc) is 2.34. The number of rotatable bonds is 3. The van der Waals surface area contributed by atoms with Gasteiger partial charge in [0.05, 0.1) is 19.6 Å². The minimum absolute atomic E-state index is 0.166. The maximum absolute atomic E-state index is 12.2. The number of halogens is 3. The maximum Gasteiger partial charge on any atom is 0.401 e. The van der Waals surface area contributed by atoms with E-state index in [0.717, 1.165) is 0 Å². The molecule has 19 heavy (non-hydrogen) atoms. The van der Waals surface area contributed by atoms with Crippen molar-refractivity contribution in [3.05, 3.63) is 0 Å². The molecule has 0 saturated carbocycles. The molecule has 0 aliphatic carbocycles. The van der Waals surface area contributed by atoms with Gasteiger partial charge in [0, 0.05) is 26.1 Å². The molecule has 0 aromatic heterocycles. The van der Waals surface area contributed by atoms with E-state index in [1.807, 2.05) is 0 Å². The fraction of sp³-hybridized carbons (Fsp3) is 0.818. The van der Waals surface area contributed by atoms with Crippen molar-refractivity contribution in [2.24, 2.45) is 5.92 Å². The number of methoxy groups -OCH3 is 1. The number of carbonyl (C=O) groups is 2. The number of piperidine rings is 1. The van der Waals surface area contributed by atoms with Crippen LogP contribution in [0.4, 0.5) is 13.2 Å². The Hall–Kier alpha value is -1.31. The first-order valence-electron chi connectivity index (χ1n) is 5.86. The van der Waals surface area contributed by atoms with Gasteiger partial charge in [-0.1, -0.05) is 0 Å². The number of nitrogens with zero attached hydrogens (tertiary/aromatic N) is 1. The summed E-state index contributed by atoms with van der Waals surface area (Å²) in [4.78, 5) is 24.2. The van der Waals surface area contributed by atoms with Gasteiger partial charge in [0.25, 0.3) is 0 Å². The summed E-state index contributed by atoms with van der Waals surface area (Å²) in [6.45, 7) is 0.531. The predicted molar refractivity (Wildman–Crippen MR) is 60.2 cm³/mol. The van der Waals surface area contributed by atoms with Crippen LogP contribution in [0, 0.1) is 5.92 Å². The number of likely N-dealkylation sites (tertiary alicyclic amines) is 1. The zero-order valence-electron chi connectivity index (χ0n) is 10.8. The van der Waals surface area contributed by atoms with Crippen molar-refractivity contribution in [1.29, 1.82) is 0 Å². The second-order valence-electron chi connectivity index (χ2n) is 4.57. The highest BCUT2D eigenvalue weighted by Crippen LogP contribution is 2.20. The van der Waals surface area contributed by atoms with Crippen LogP contribution in [0.1, 0.15) is 13.3 Å². The highest BCUT2D eigenvalue weighted by molar-refractivity contribution is 5.76. The topological polar surface area (TPSA) is 58.6 Å². The Morgan fingerprint density at radius 3 is 2.47 bits per heavy atom. The van der Waals surface area contributed by atoms with Gasteiger partial charge in [-0.15, -0.1) is 0 Å². The van der Waals surface area contributed by atoms with Crippen LogP contribution in [0.2, 0.25) is 0 Å². The third-order valence-electron chi connectivity index (χ3n) is 3.02. The molecule has 2 atom stereocenters. The molecule has 0 radical (unpaired) electrons. The number of alkyl halides is 3. The van der Waals surface area contributed by atoms with E-state index in [9.17, 15) is 22.8 Å². The molecular formula is C11H17F3N2O3. The van der Waals surface area contributed by atoms with E-state index in [-0.39, 0.29) is 25.4 Å². The van der Waals surface area contributed by atoms with E-state index >= 15 is 0 Å². The van der Waals surface area contributed by atoms with Gasteiger partial charge in [-0.05, 0) is 6.42 Å². The number of nitrogens with one attached hydrogen (secondary N) is 1. The van der Waals surface area contributed by atoms with Crippen molar-refractivity contribution >= 4 is 11.9 Å². The molecule has 0 spiro atoms. The van der Waals surface area contributed by atoms with Crippen LogP contribution in [0.25, 0.3) is 0 Å². The minimum atomic E-state index is -4.32. The Labute approximate surface area is 109 Å². The first kappa shape index (κ1) is 15.7. The Bertz CT molecular complexity index is 347. The quantitative estimate of drug-likeness (QED) is 0.768. The molecule has 1 aliphatic rings. The van der Waals surface area contributed by atoms with Gasteiger partial charge in [-0.3, -0.25) is 9.59 Å². The number of carbonyl (C=O) groups excluding carboxylic acids is 2. The Kier molecular flexibility index (Phi) is 5.16. The Morgan fingerprint density at radius 1 is 1.37 bits per heavy atom. The predicted octanol–water partition coefficient (Wildman–Crippen LogP) is 0.548. The molecule has 5 nitrogen and oxygen atoms in total. The lowest BCUT2D eigenvalue weighted by atomic mass is 9.94. The molecule has 0 aromatic rings. The number of ether oxygens (including phenoxy) is 1. The summed E-state index contributed by atoms with van der Waals surface area (Å²) in [5, 5.41) is 2.33. The fourth-order valence-corrected chi connectivity index (χ4v) is 2.10. The fourth-order valence-electron chi connectivity index (χ4n) is 2.10. The van der Waals surface area contributed by atoms with Gasteiger partial charge in [0.2, 0.25) is 5.91 Å². The average molecular weight is 282 g/mol. The highest BCUT2D eigenvalue weighted by atomic mass is 19.4. The summed E-state index contributed by atoms with van der Waals surface area (Å²) in [7, 11) is 1.22. The zero-order chi connectivity index (χ0) is 14.6. The summed E-state index contributed by atoms with van der Waals surface area (Å²) in [6.07, 6.45) is -4.09. The summed E-state index contributed by atoms with van der Waals surface area (Å²) in [6, 6.07) is -0.566. The van der Waals surface area contributed by atoms with Gasteiger partial charge >= 0.3 is 12.1 Å². The first-order valence-corrected chi connectivity index (χ1v) is 5.86. The van der Waals surface area contributed by atoms with Crippen LogP contribution < -0.4 is 5.32 Å². The molecular weight excluding hydrogens is 265 g/mol. The lowest BCUT2D eigenvalue weighted by Gasteiger charge is -2.36. The van der Waals surface area contributed by atoms with Crippen LogP contribution >= 0.6 is 0 Å².